The molecule has 2 heterocycles. The van der Waals surface area contributed by atoms with Gasteiger partial charge in [0.15, 0.2) is 6.61 Å². The van der Waals surface area contributed by atoms with Crippen molar-refractivity contribution in [3.8, 4) is 5.75 Å². The minimum Gasteiger partial charge on any atom is -0.484 e. The molecule has 2 aromatic carbocycles. The lowest BCUT2D eigenvalue weighted by atomic mass is 10.2. The van der Waals surface area contributed by atoms with Crippen LogP contribution in [0.5, 0.6) is 5.75 Å². The lowest BCUT2D eigenvalue weighted by Gasteiger charge is -2.16. The van der Waals surface area contributed by atoms with Crippen molar-refractivity contribution in [2.75, 3.05) is 17.2 Å². The Morgan fingerprint density at radius 2 is 2.11 bits per heavy atom. The Morgan fingerprint density at radius 3 is 3.00 bits per heavy atom. The Kier molecular flexibility index (Phi) is 5.11. The fourth-order valence-corrected chi connectivity index (χ4v) is 3.66. The van der Waals surface area contributed by atoms with E-state index in [9.17, 15) is 4.79 Å². The number of anilines is 1. The number of amides is 1. The van der Waals surface area contributed by atoms with Crippen LogP contribution in [0, 0.1) is 6.92 Å². The molecule has 0 fully saturated rings. The first-order valence-corrected chi connectivity index (χ1v) is 9.70. The molecule has 0 N–H and O–H groups in total. The zero-order valence-corrected chi connectivity index (χ0v) is 15.7. The number of aryl methyl sites for hydroxylation is 1. The predicted molar refractivity (Wildman–Crippen MR) is 103 cm³/mol. The zero-order valence-electron chi connectivity index (χ0n) is 14.9. The summed E-state index contributed by atoms with van der Waals surface area (Å²) in [5.41, 5.74) is 3.33. The molecule has 0 spiro atoms. The van der Waals surface area contributed by atoms with Crippen molar-refractivity contribution in [2.45, 2.75) is 25.2 Å². The molecule has 0 saturated heterocycles. The number of carbonyl (C=O) groups excluding carboxylic acids is 1. The maximum absolute atomic E-state index is 12.5. The van der Waals surface area contributed by atoms with Crippen LogP contribution in [0.3, 0.4) is 0 Å². The average molecular weight is 381 g/mol. The van der Waals surface area contributed by atoms with Gasteiger partial charge < -0.3 is 14.1 Å². The maximum atomic E-state index is 12.5. The van der Waals surface area contributed by atoms with Crippen molar-refractivity contribution >= 4 is 23.4 Å². The molecule has 0 atom stereocenters. The van der Waals surface area contributed by atoms with E-state index >= 15 is 0 Å². The molecule has 1 amide bonds. The summed E-state index contributed by atoms with van der Waals surface area (Å²) in [6.45, 7) is 2.92. The number of thioether (sulfide) groups is 1. The minimum atomic E-state index is 0.0423. The zero-order chi connectivity index (χ0) is 18.6. The molecule has 7 heteroatoms. The Labute approximate surface area is 161 Å². The van der Waals surface area contributed by atoms with Gasteiger partial charge in [0.05, 0.1) is 5.75 Å². The van der Waals surface area contributed by atoms with Crippen molar-refractivity contribution in [1.29, 1.82) is 0 Å². The summed E-state index contributed by atoms with van der Waals surface area (Å²) in [7, 11) is 0. The second-order valence-electron chi connectivity index (χ2n) is 6.28. The second kappa shape index (κ2) is 7.84. The highest BCUT2D eigenvalue weighted by molar-refractivity contribution is 7.99. The number of para-hydroxylation sites is 1. The van der Waals surface area contributed by atoms with E-state index in [0.717, 1.165) is 30.0 Å². The molecule has 6 nitrogen and oxygen atoms in total. The minimum absolute atomic E-state index is 0.0423. The van der Waals surface area contributed by atoms with Crippen molar-refractivity contribution in [3.63, 3.8) is 0 Å². The number of nitrogens with zero attached hydrogens (tertiary/aromatic N) is 3. The molecule has 0 bridgehead atoms. The highest BCUT2D eigenvalue weighted by Gasteiger charge is 2.24. The van der Waals surface area contributed by atoms with Gasteiger partial charge in [0, 0.05) is 12.2 Å². The van der Waals surface area contributed by atoms with Gasteiger partial charge in [0.1, 0.15) is 5.75 Å². The molecule has 1 aliphatic rings. The molecule has 27 heavy (non-hydrogen) atoms. The molecule has 0 unspecified atom stereocenters. The summed E-state index contributed by atoms with van der Waals surface area (Å²) in [5, 5.41) is 8.34. The van der Waals surface area contributed by atoms with Gasteiger partial charge in [-0.05, 0) is 42.7 Å². The predicted octanol–water partition coefficient (Wildman–Crippen LogP) is 3.64. The molecular weight excluding hydrogens is 362 g/mol. The Bertz CT molecular complexity index is 957. The highest BCUT2D eigenvalue weighted by Crippen LogP contribution is 2.28. The third kappa shape index (κ3) is 4.14. The topological polar surface area (TPSA) is 68.5 Å². The second-order valence-corrected chi connectivity index (χ2v) is 7.21. The van der Waals surface area contributed by atoms with Gasteiger partial charge in [0.25, 0.3) is 11.1 Å². The first kappa shape index (κ1) is 17.6. The smallest absolute Gasteiger partial charge is 0.277 e. The van der Waals surface area contributed by atoms with E-state index in [4.69, 9.17) is 9.15 Å². The summed E-state index contributed by atoms with van der Waals surface area (Å²) < 4.78 is 11.2. The van der Waals surface area contributed by atoms with Gasteiger partial charge >= 0.3 is 0 Å². The largest absolute Gasteiger partial charge is 0.484 e. The first-order chi connectivity index (χ1) is 13.2. The first-order valence-electron chi connectivity index (χ1n) is 8.72. The molecular formula is C20H19N3O3S. The van der Waals surface area contributed by atoms with E-state index in [2.05, 4.69) is 16.3 Å². The van der Waals surface area contributed by atoms with Crippen LogP contribution in [0.2, 0.25) is 0 Å². The third-order valence-corrected chi connectivity index (χ3v) is 5.11. The van der Waals surface area contributed by atoms with Gasteiger partial charge in [-0.15, -0.1) is 10.2 Å². The molecule has 4 rings (SSSR count). The van der Waals surface area contributed by atoms with Crippen LogP contribution < -0.4 is 9.64 Å². The number of hydrogen-bond donors (Lipinski definition) is 0. The number of benzene rings is 2. The summed E-state index contributed by atoms with van der Waals surface area (Å²) in [6, 6.07) is 15.8. The van der Waals surface area contributed by atoms with Gasteiger partial charge in [-0.2, -0.15) is 0 Å². The van der Waals surface area contributed by atoms with E-state index in [1.807, 2.05) is 54.3 Å². The Hall–Kier alpha value is -2.80. The van der Waals surface area contributed by atoms with Gasteiger partial charge in [0.2, 0.25) is 5.91 Å². The number of carbonyl (C=O) groups is 1. The average Bonchev–Trinajstić information content (AvgIpc) is 3.31. The lowest BCUT2D eigenvalue weighted by Crippen LogP contribution is -2.30. The number of rotatable bonds is 6. The fraction of sp³-hybridized carbons (Fsp3) is 0.250. The van der Waals surface area contributed by atoms with Crippen LogP contribution in [0.15, 0.2) is 58.2 Å². The van der Waals surface area contributed by atoms with E-state index in [1.165, 1.54) is 17.3 Å². The fourth-order valence-electron chi connectivity index (χ4n) is 3.00. The van der Waals surface area contributed by atoms with Crippen LogP contribution in [-0.2, 0) is 17.8 Å². The van der Waals surface area contributed by atoms with Crippen molar-refractivity contribution in [3.05, 3.63) is 65.5 Å². The van der Waals surface area contributed by atoms with E-state index in [0.29, 0.717) is 11.1 Å². The molecule has 0 aliphatic carbocycles. The number of hydrogen-bond acceptors (Lipinski definition) is 6. The van der Waals surface area contributed by atoms with Crippen LogP contribution in [0.1, 0.15) is 17.0 Å². The van der Waals surface area contributed by atoms with Gasteiger partial charge in [-0.25, -0.2) is 0 Å². The molecule has 1 aliphatic heterocycles. The lowest BCUT2D eigenvalue weighted by molar-refractivity contribution is -0.116. The number of aromatic nitrogens is 2. The van der Waals surface area contributed by atoms with E-state index in [-0.39, 0.29) is 18.3 Å². The van der Waals surface area contributed by atoms with Crippen molar-refractivity contribution < 1.29 is 13.9 Å². The summed E-state index contributed by atoms with van der Waals surface area (Å²) in [4.78, 5) is 14.3. The van der Waals surface area contributed by atoms with E-state index in [1.54, 1.807) is 0 Å². The van der Waals surface area contributed by atoms with Crippen LogP contribution in [-0.4, -0.2) is 28.4 Å². The molecule has 1 aromatic heterocycles. The standard InChI is InChI=1S/C20H19N3O3S/c1-14-5-4-7-16(11-14)25-12-18-21-22-20(26-18)27-13-19(24)23-10-9-15-6-2-3-8-17(15)23/h2-8,11H,9-10,12-13H2,1H3. The molecule has 3 aromatic rings. The normalized spacial score (nSPS) is 12.9. The highest BCUT2D eigenvalue weighted by atomic mass is 32.2. The number of ether oxygens (including phenoxy) is 1. The Morgan fingerprint density at radius 1 is 1.22 bits per heavy atom. The SMILES string of the molecule is Cc1cccc(OCc2nnc(SCC(=O)N3CCc4ccccc43)o2)c1. The molecule has 0 radical (unpaired) electrons. The quantitative estimate of drug-likeness (QED) is 0.607. The van der Waals surface area contributed by atoms with Crippen LogP contribution >= 0.6 is 11.8 Å². The molecule has 138 valence electrons. The van der Waals surface area contributed by atoms with Crippen molar-refractivity contribution in [1.82, 2.24) is 10.2 Å². The summed E-state index contributed by atoms with van der Waals surface area (Å²) in [6.07, 6.45) is 0.896. The monoisotopic (exact) mass is 381 g/mol. The van der Waals surface area contributed by atoms with Gasteiger partial charge in [-0.3, -0.25) is 4.79 Å². The summed E-state index contributed by atoms with van der Waals surface area (Å²) in [5.74, 6) is 1.44. The van der Waals surface area contributed by atoms with Gasteiger partial charge in [-0.1, -0.05) is 42.1 Å². The van der Waals surface area contributed by atoms with Crippen LogP contribution in [0.4, 0.5) is 5.69 Å². The number of fused-ring (bicyclic) bond motifs is 1. The Balaban J connectivity index is 1.30. The third-order valence-electron chi connectivity index (χ3n) is 4.31. The molecule has 0 saturated carbocycles. The summed E-state index contributed by atoms with van der Waals surface area (Å²) >= 11 is 1.25. The van der Waals surface area contributed by atoms with Crippen LogP contribution in [0.25, 0.3) is 0 Å². The van der Waals surface area contributed by atoms with E-state index < -0.39 is 0 Å². The maximum Gasteiger partial charge on any atom is 0.277 e. The van der Waals surface area contributed by atoms with Crippen molar-refractivity contribution in [2.24, 2.45) is 0 Å².